The number of fused-ring (bicyclic) bond motifs is 3. The molecule has 35 heavy (non-hydrogen) atoms. The van der Waals surface area contributed by atoms with Gasteiger partial charge in [0.2, 0.25) is 0 Å². The monoisotopic (exact) mass is 459 g/mol. The molecule has 1 aromatic carbocycles. The number of hydrogen-bond donors (Lipinski definition) is 0. The molecule has 1 aliphatic rings. The van der Waals surface area contributed by atoms with Crippen LogP contribution in [-0.4, -0.2) is 24.1 Å². The van der Waals surface area contributed by atoms with E-state index in [9.17, 15) is 0 Å². The first-order valence-electron chi connectivity index (χ1n) is 12.4. The fraction of sp³-hybridized carbons (Fsp3) is 0.233. The highest BCUT2D eigenvalue weighted by molar-refractivity contribution is 6.07. The highest BCUT2D eigenvalue weighted by Gasteiger charge is 2.28. The third-order valence-corrected chi connectivity index (χ3v) is 7.14. The van der Waals surface area contributed by atoms with E-state index in [4.69, 9.17) is 4.98 Å². The molecule has 0 spiro atoms. The molecular weight excluding hydrogens is 430 g/mol. The maximum atomic E-state index is 4.76. The average molecular weight is 460 g/mol. The van der Waals surface area contributed by atoms with E-state index < -0.39 is 0 Å². The second kappa shape index (κ2) is 8.66. The second-order valence-electron chi connectivity index (χ2n) is 9.50. The Morgan fingerprint density at radius 1 is 0.914 bits per heavy atom. The number of rotatable bonds is 5. The molecule has 1 atom stereocenters. The topological polar surface area (TPSA) is 48.5 Å². The SMILES string of the molecule is CCC1=C(n2ccnc2-c2ccccc2)C(C(C)C)=CC(n2c3ccncc3c3cnccc32)C1. The van der Waals surface area contributed by atoms with Gasteiger partial charge in [0.15, 0.2) is 0 Å². The molecule has 0 aliphatic heterocycles. The van der Waals surface area contributed by atoms with Crippen molar-refractivity contribution < 1.29 is 0 Å². The van der Waals surface area contributed by atoms with Crippen molar-refractivity contribution in [1.82, 2.24) is 24.1 Å². The fourth-order valence-electron chi connectivity index (χ4n) is 5.53. The van der Waals surface area contributed by atoms with Gasteiger partial charge in [0, 0.05) is 59.2 Å². The Bertz CT molecular complexity index is 1530. The molecule has 5 aromatic rings. The molecule has 0 bridgehead atoms. The standard InChI is InChI=1S/C30H29N5/c1-4-21-16-23(35-27-10-12-31-18-25(27)26-19-32-13-11-28(26)35)17-24(20(2)3)29(21)34-15-14-33-30(34)22-8-6-5-7-9-22/h5-15,17-20,23H,4,16H2,1-3H3. The van der Waals surface area contributed by atoms with E-state index in [1.807, 2.05) is 31.0 Å². The van der Waals surface area contributed by atoms with Crippen molar-refractivity contribution in [3.05, 3.63) is 96.9 Å². The van der Waals surface area contributed by atoms with Crippen molar-refractivity contribution in [3.63, 3.8) is 0 Å². The number of allylic oxidation sites excluding steroid dienone is 4. The Kier molecular flexibility index (Phi) is 5.33. The molecule has 1 aliphatic carbocycles. The van der Waals surface area contributed by atoms with E-state index in [2.05, 4.69) is 94.6 Å². The molecule has 4 heterocycles. The molecule has 0 fully saturated rings. The van der Waals surface area contributed by atoms with Gasteiger partial charge in [-0.05, 0) is 42.0 Å². The van der Waals surface area contributed by atoms with Crippen molar-refractivity contribution in [2.75, 3.05) is 0 Å². The maximum absolute atomic E-state index is 4.76. The molecule has 174 valence electrons. The van der Waals surface area contributed by atoms with Gasteiger partial charge in [0.05, 0.1) is 17.1 Å². The van der Waals surface area contributed by atoms with E-state index in [0.29, 0.717) is 5.92 Å². The van der Waals surface area contributed by atoms with Crippen molar-refractivity contribution in [2.45, 2.75) is 39.7 Å². The molecule has 0 N–H and O–H groups in total. The highest BCUT2D eigenvalue weighted by Crippen LogP contribution is 2.43. The van der Waals surface area contributed by atoms with Crippen LogP contribution in [0.25, 0.3) is 38.9 Å². The van der Waals surface area contributed by atoms with Crippen LogP contribution in [0.15, 0.2) is 96.9 Å². The Morgan fingerprint density at radius 3 is 2.23 bits per heavy atom. The first-order chi connectivity index (χ1) is 17.2. The molecule has 6 rings (SSSR count). The van der Waals surface area contributed by atoms with Gasteiger partial charge in [-0.25, -0.2) is 4.98 Å². The van der Waals surface area contributed by atoms with E-state index in [-0.39, 0.29) is 6.04 Å². The smallest absolute Gasteiger partial charge is 0.144 e. The quantitative estimate of drug-likeness (QED) is 0.277. The third kappa shape index (κ3) is 3.50. The van der Waals surface area contributed by atoms with Gasteiger partial charge in [-0.1, -0.05) is 57.2 Å². The van der Waals surface area contributed by atoms with E-state index in [1.165, 1.54) is 27.9 Å². The van der Waals surface area contributed by atoms with Gasteiger partial charge in [0.1, 0.15) is 5.82 Å². The summed E-state index contributed by atoms with van der Waals surface area (Å²) in [4.78, 5) is 13.6. The summed E-state index contributed by atoms with van der Waals surface area (Å²) in [5, 5.41) is 2.31. The second-order valence-corrected chi connectivity index (χ2v) is 9.50. The molecule has 5 heteroatoms. The zero-order valence-electron chi connectivity index (χ0n) is 20.4. The fourth-order valence-corrected chi connectivity index (χ4v) is 5.53. The van der Waals surface area contributed by atoms with Crippen LogP contribution in [0.1, 0.15) is 39.7 Å². The molecule has 1 unspecified atom stereocenters. The van der Waals surface area contributed by atoms with Gasteiger partial charge in [-0.3, -0.25) is 14.5 Å². The van der Waals surface area contributed by atoms with Crippen LogP contribution >= 0.6 is 0 Å². The molecule has 0 saturated carbocycles. The van der Waals surface area contributed by atoms with Crippen LogP contribution in [0, 0.1) is 5.92 Å². The average Bonchev–Trinajstić information content (AvgIpc) is 3.51. The van der Waals surface area contributed by atoms with E-state index >= 15 is 0 Å². The van der Waals surface area contributed by atoms with Gasteiger partial charge in [0.25, 0.3) is 0 Å². The summed E-state index contributed by atoms with van der Waals surface area (Å²) in [6, 6.07) is 15.0. The van der Waals surface area contributed by atoms with Crippen molar-refractivity contribution in [2.24, 2.45) is 5.92 Å². The Labute approximate surface area is 205 Å². The summed E-state index contributed by atoms with van der Waals surface area (Å²) in [6.45, 7) is 6.86. The Morgan fingerprint density at radius 2 is 1.60 bits per heavy atom. The zero-order chi connectivity index (χ0) is 23.9. The molecule has 0 saturated heterocycles. The van der Waals surface area contributed by atoms with Crippen LogP contribution < -0.4 is 0 Å². The number of nitrogens with zero attached hydrogens (tertiary/aromatic N) is 5. The van der Waals surface area contributed by atoms with Crippen LogP contribution in [0.5, 0.6) is 0 Å². The lowest BCUT2D eigenvalue weighted by atomic mass is 9.85. The van der Waals surface area contributed by atoms with Crippen molar-refractivity contribution >= 4 is 27.5 Å². The molecule has 5 nitrogen and oxygen atoms in total. The first-order valence-corrected chi connectivity index (χ1v) is 12.4. The van der Waals surface area contributed by atoms with Crippen LogP contribution in [-0.2, 0) is 0 Å². The number of imidazole rings is 1. The summed E-state index contributed by atoms with van der Waals surface area (Å²) >= 11 is 0. The summed E-state index contributed by atoms with van der Waals surface area (Å²) in [5.41, 5.74) is 7.67. The van der Waals surface area contributed by atoms with Gasteiger partial charge in [-0.2, -0.15) is 0 Å². The lowest BCUT2D eigenvalue weighted by molar-refractivity contribution is 0.598. The molecule has 0 radical (unpaired) electrons. The normalized spacial score (nSPS) is 16.5. The Hall–Kier alpha value is -3.99. The first kappa shape index (κ1) is 21.5. The predicted octanol–water partition coefficient (Wildman–Crippen LogP) is 7.30. The minimum atomic E-state index is 0.222. The molecule has 4 aromatic heterocycles. The summed E-state index contributed by atoms with van der Waals surface area (Å²) < 4.78 is 4.78. The summed E-state index contributed by atoms with van der Waals surface area (Å²) in [6.07, 6.45) is 16.2. The van der Waals surface area contributed by atoms with E-state index in [1.54, 1.807) is 0 Å². The zero-order valence-corrected chi connectivity index (χ0v) is 20.4. The highest BCUT2D eigenvalue weighted by atomic mass is 15.1. The minimum absolute atomic E-state index is 0.222. The number of benzene rings is 1. The number of hydrogen-bond acceptors (Lipinski definition) is 3. The molecular formula is C30H29N5. The number of aromatic nitrogens is 5. The van der Waals surface area contributed by atoms with Crippen LogP contribution in [0.4, 0.5) is 0 Å². The largest absolute Gasteiger partial charge is 0.333 e. The molecule has 0 amide bonds. The van der Waals surface area contributed by atoms with Gasteiger partial charge in [-0.15, -0.1) is 0 Å². The van der Waals surface area contributed by atoms with E-state index in [0.717, 1.165) is 35.0 Å². The van der Waals surface area contributed by atoms with Gasteiger partial charge >= 0.3 is 0 Å². The van der Waals surface area contributed by atoms with Crippen LogP contribution in [0.2, 0.25) is 0 Å². The lowest BCUT2D eigenvalue weighted by Crippen LogP contribution is -2.19. The van der Waals surface area contributed by atoms with Crippen LogP contribution in [0.3, 0.4) is 0 Å². The maximum Gasteiger partial charge on any atom is 0.144 e. The minimum Gasteiger partial charge on any atom is -0.333 e. The van der Waals surface area contributed by atoms with Gasteiger partial charge < -0.3 is 4.57 Å². The summed E-state index contributed by atoms with van der Waals surface area (Å²) in [5.74, 6) is 1.36. The number of pyridine rings is 2. The third-order valence-electron chi connectivity index (χ3n) is 7.14. The summed E-state index contributed by atoms with van der Waals surface area (Å²) in [7, 11) is 0. The van der Waals surface area contributed by atoms with Crippen molar-refractivity contribution in [1.29, 1.82) is 0 Å². The Balaban J connectivity index is 1.55. The van der Waals surface area contributed by atoms with Crippen molar-refractivity contribution in [3.8, 4) is 11.4 Å². The predicted molar refractivity (Wildman–Crippen MR) is 143 cm³/mol. The lowest BCUT2D eigenvalue weighted by Gasteiger charge is -2.31.